The van der Waals surface area contributed by atoms with Crippen LogP contribution in [-0.4, -0.2) is 68.0 Å². The van der Waals surface area contributed by atoms with Crippen LogP contribution >= 0.6 is 11.8 Å². The van der Waals surface area contributed by atoms with Crippen LogP contribution in [0.4, 0.5) is 5.82 Å². The van der Waals surface area contributed by atoms with Gasteiger partial charge in [0.25, 0.3) is 11.8 Å². The number of fused-ring (bicyclic) bond motifs is 1. The normalized spacial score (nSPS) is 21.2. The van der Waals surface area contributed by atoms with Gasteiger partial charge in [0.2, 0.25) is 12.1 Å². The Balaban J connectivity index is 1.36. The van der Waals surface area contributed by atoms with Gasteiger partial charge in [-0.1, -0.05) is 11.2 Å². The minimum absolute atomic E-state index is 0.102. The number of β-lactam (4-membered cyclic amide) rings is 1. The number of hydrogen-bond donors (Lipinski definition) is 2. The second kappa shape index (κ2) is 11.6. The Kier molecular flexibility index (Phi) is 7.81. The third-order valence-corrected chi connectivity index (χ3v) is 7.90. The predicted octanol–water partition coefficient (Wildman–Crippen LogP) is -0.900. The summed E-state index contributed by atoms with van der Waals surface area (Å²) in [7, 11) is 0. The molecule has 2 aliphatic heterocycles. The third-order valence-electron chi connectivity index (χ3n) is 6.56. The molecule has 3 aliphatic rings. The van der Waals surface area contributed by atoms with Crippen molar-refractivity contribution in [3.05, 3.63) is 60.0 Å². The number of carboxylic acid groups (broad SMARTS) is 1. The van der Waals surface area contributed by atoms with E-state index in [1.165, 1.54) is 24.0 Å². The van der Waals surface area contributed by atoms with Crippen molar-refractivity contribution in [2.45, 2.75) is 49.7 Å². The molecule has 2 aromatic rings. The fraction of sp³-hybridized carbons (Fsp3) is 0.360. The van der Waals surface area contributed by atoms with E-state index in [1.807, 2.05) is 22.8 Å². The first kappa shape index (κ1) is 26.3. The summed E-state index contributed by atoms with van der Waals surface area (Å²) in [5, 5.41) is 20.5. The molecule has 1 aliphatic carbocycles. The lowest BCUT2D eigenvalue weighted by molar-refractivity contribution is -0.689. The molecule has 202 valence electrons. The highest BCUT2D eigenvalue weighted by atomic mass is 32.2. The number of anilines is 1. The number of carboxylic acids is 1. The topological polar surface area (TPSA) is 170 Å². The SMILES string of the molecule is O=CNc1ccnc(C(=NOC2CCCC2)C(=O)NC2C(=O)N3C(C(=O)[O-])=C(C[n+]4ccccc4)CS[C@H]23)n1. The highest BCUT2D eigenvalue weighted by molar-refractivity contribution is 8.00. The molecule has 39 heavy (non-hydrogen) atoms. The van der Waals surface area contributed by atoms with E-state index in [-0.39, 0.29) is 35.7 Å². The highest BCUT2D eigenvalue weighted by Gasteiger charge is 2.53. The van der Waals surface area contributed by atoms with Crippen LogP contribution in [0, 0.1) is 0 Å². The molecule has 0 bridgehead atoms. The quantitative estimate of drug-likeness (QED) is 0.125. The Morgan fingerprint density at radius 1 is 1.26 bits per heavy atom. The van der Waals surface area contributed by atoms with Crippen molar-refractivity contribution in [1.82, 2.24) is 20.2 Å². The number of thioether (sulfide) groups is 1. The Bertz CT molecular complexity index is 1350. The van der Waals surface area contributed by atoms with Crippen LogP contribution in [0.25, 0.3) is 0 Å². The minimum atomic E-state index is -1.45. The molecule has 2 atom stereocenters. The number of hydrogen-bond acceptors (Lipinski definition) is 10. The van der Waals surface area contributed by atoms with E-state index in [2.05, 4.69) is 25.8 Å². The van der Waals surface area contributed by atoms with Gasteiger partial charge < -0.3 is 25.4 Å². The minimum Gasteiger partial charge on any atom is -0.543 e. The van der Waals surface area contributed by atoms with Crippen molar-refractivity contribution in [2.24, 2.45) is 5.16 Å². The first-order valence-electron chi connectivity index (χ1n) is 12.4. The molecule has 1 saturated heterocycles. The number of carbonyl (C=O) groups excluding carboxylic acids is 4. The summed E-state index contributed by atoms with van der Waals surface area (Å²) in [5.41, 5.74) is 0.0889. The fourth-order valence-corrected chi connectivity index (χ4v) is 6.02. The van der Waals surface area contributed by atoms with Gasteiger partial charge in [0, 0.05) is 29.7 Å². The van der Waals surface area contributed by atoms with Crippen LogP contribution in [0.15, 0.2) is 59.3 Å². The lowest BCUT2D eigenvalue weighted by atomic mass is 10.0. The average Bonchev–Trinajstić information content (AvgIpc) is 3.46. The van der Waals surface area contributed by atoms with E-state index in [1.54, 1.807) is 12.4 Å². The molecule has 4 heterocycles. The number of amides is 3. The molecule has 0 radical (unpaired) electrons. The molecular formula is C25H25N7O6S. The van der Waals surface area contributed by atoms with Crippen molar-refractivity contribution in [1.29, 1.82) is 0 Å². The van der Waals surface area contributed by atoms with Crippen molar-refractivity contribution < 1.29 is 33.7 Å². The summed E-state index contributed by atoms with van der Waals surface area (Å²) in [5.74, 6) is -2.42. The number of oxime groups is 1. The number of aliphatic carboxylic acids is 1. The van der Waals surface area contributed by atoms with E-state index >= 15 is 0 Å². The van der Waals surface area contributed by atoms with Crippen LogP contribution in [0.5, 0.6) is 0 Å². The molecule has 2 N–H and O–H groups in total. The number of aromatic nitrogens is 3. The summed E-state index contributed by atoms with van der Waals surface area (Å²) in [6, 6.07) is 5.93. The first-order valence-corrected chi connectivity index (χ1v) is 13.4. The third kappa shape index (κ3) is 5.60. The average molecular weight is 552 g/mol. The molecule has 14 heteroatoms. The molecule has 3 amide bonds. The van der Waals surface area contributed by atoms with Crippen LogP contribution in [-0.2, 0) is 30.6 Å². The largest absolute Gasteiger partial charge is 0.543 e. The summed E-state index contributed by atoms with van der Waals surface area (Å²) in [6.07, 6.45) is 8.79. The van der Waals surface area contributed by atoms with Crippen LogP contribution in [0.1, 0.15) is 31.5 Å². The van der Waals surface area contributed by atoms with Gasteiger partial charge in [-0.2, -0.15) is 0 Å². The second-order valence-electron chi connectivity index (χ2n) is 9.13. The number of nitrogens with zero attached hydrogens (tertiary/aromatic N) is 5. The Morgan fingerprint density at radius 2 is 2.03 bits per heavy atom. The van der Waals surface area contributed by atoms with E-state index in [0.717, 1.165) is 30.6 Å². The molecule has 2 aromatic heterocycles. The molecular weight excluding hydrogens is 526 g/mol. The Labute approximate surface area is 227 Å². The maximum Gasteiger partial charge on any atom is 0.278 e. The van der Waals surface area contributed by atoms with Crippen molar-refractivity contribution in [3.8, 4) is 0 Å². The second-order valence-corrected chi connectivity index (χ2v) is 10.2. The summed E-state index contributed by atoms with van der Waals surface area (Å²) < 4.78 is 1.81. The van der Waals surface area contributed by atoms with Crippen LogP contribution < -0.4 is 20.3 Å². The van der Waals surface area contributed by atoms with Crippen molar-refractivity contribution in [3.63, 3.8) is 0 Å². The number of rotatable bonds is 10. The van der Waals surface area contributed by atoms with E-state index in [9.17, 15) is 24.3 Å². The number of pyridine rings is 1. The van der Waals surface area contributed by atoms with Gasteiger partial charge in [-0.3, -0.25) is 19.3 Å². The molecule has 0 aromatic carbocycles. The van der Waals surface area contributed by atoms with E-state index in [4.69, 9.17) is 4.84 Å². The Hall–Kier alpha value is -4.33. The fourth-order valence-electron chi connectivity index (χ4n) is 4.68. The first-order chi connectivity index (χ1) is 19.0. The Morgan fingerprint density at radius 3 is 2.74 bits per heavy atom. The van der Waals surface area contributed by atoms with Crippen LogP contribution in [0.2, 0.25) is 0 Å². The lowest BCUT2D eigenvalue weighted by Gasteiger charge is -2.50. The standard InChI is InChI=1S/C25H25N7O6S/c33-14-27-17-8-9-26-21(28-17)18(30-38-16-6-2-3-7-16)22(34)29-19-23(35)32-20(25(36)37)15(13-39-24(19)32)12-31-10-4-1-5-11-31/h1,4-5,8-11,14,16,19,24H,2-3,6-7,12-13H2,(H2-,26,27,28,29,33,34,36,37)/t19?,24-/m1/s1. The van der Waals surface area contributed by atoms with Gasteiger partial charge >= 0.3 is 0 Å². The van der Waals surface area contributed by atoms with Gasteiger partial charge in [-0.05, 0) is 31.7 Å². The maximum absolute atomic E-state index is 13.3. The lowest BCUT2D eigenvalue weighted by Crippen LogP contribution is -2.71. The van der Waals surface area contributed by atoms with Gasteiger partial charge in [0.1, 0.15) is 23.3 Å². The van der Waals surface area contributed by atoms with Gasteiger partial charge in [-0.25, -0.2) is 14.5 Å². The smallest absolute Gasteiger partial charge is 0.278 e. The zero-order valence-electron chi connectivity index (χ0n) is 20.7. The summed E-state index contributed by atoms with van der Waals surface area (Å²) in [4.78, 5) is 64.4. The molecule has 1 saturated carbocycles. The summed E-state index contributed by atoms with van der Waals surface area (Å²) >= 11 is 1.34. The maximum atomic E-state index is 13.3. The zero-order chi connectivity index (χ0) is 27.4. The molecule has 0 spiro atoms. The molecule has 2 fully saturated rings. The van der Waals surface area contributed by atoms with Crippen molar-refractivity contribution >= 4 is 47.5 Å². The van der Waals surface area contributed by atoms with E-state index < -0.39 is 29.2 Å². The zero-order valence-corrected chi connectivity index (χ0v) is 21.5. The predicted molar refractivity (Wildman–Crippen MR) is 135 cm³/mol. The van der Waals surface area contributed by atoms with Gasteiger partial charge in [-0.15, -0.1) is 11.8 Å². The number of carbonyl (C=O) groups is 4. The van der Waals surface area contributed by atoms with E-state index in [0.29, 0.717) is 17.7 Å². The monoisotopic (exact) mass is 551 g/mol. The van der Waals surface area contributed by atoms with Crippen LogP contribution in [0.3, 0.4) is 0 Å². The van der Waals surface area contributed by atoms with Crippen molar-refractivity contribution in [2.75, 3.05) is 11.1 Å². The highest BCUT2D eigenvalue weighted by Crippen LogP contribution is 2.40. The van der Waals surface area contributed by atoms with Gasteiger partial charge in [0.05, 0.1) is 11.7 Å². The number of nitrogens with one attached hydrogen (secondary N) is 2. The molecule has 1 unspecified atom stereocenters. The molecule has 5 rings (SSSR count). The summed E-state index contributed by atoms with van der Waals surface area (Å²) in [6.45, 7) is 0.280. The van der Waals surface area contributed by atoms with Gasteiger partial charge in [0.15, 0.2) is 24.8 Å². The molecule has 13 nitrogen and oxygen atoms in total.